The lowest BCUT2D eigenvalue weighted by atomic mass is 9.89. The monoisotopic (exact) mass is 414 g/mol. The highest BCUT2D eigenvalue weighted by Crippen LogP contribution is 2.36. The summed E-state index contributed by atoms with van der Waals surface area (Å²) in [4.78, 5) is 34.4. The maximum atomic E-state index is 12.7. The van der Waals surface area contributed by atoms with E-state index in [-0.39, 0.29) is 22.7 Å². The molecule has 0 bridgehead atoms. The van der Waals surface area contributed by atoms with Gasteiger partial charge >= 0.3 is 5.97 Å². The number of nitrogens with zero attached hydrogens (tertiary/aromatic N) is 1. The minimum atomic E-state index is -0.779. The Bertz CT molecular complexity index is 1150. The van der Waals surface area contributed by atoms with E-state index in [1.165, 1.54) is 24.1 Å². The second-order valence-corrected chi connectivity index (χ2v) is 8.50. The van der Waals surface area contributed by atoms with Gasteiger partial charge in [-0.2, -0.15) is 0 Å². The maximum absolute atomic E-state index is 12.7. The SMILES string of the molecule is COc1ccc(C(=O)O[C@H](C)c2nc3sc4c(c3c(=O)[nH]2)CC[C@@H](C)C4)c(O)c1. The van der Waals surface area contributed by atoms with Crippen LogP contribution in [0.3, 0.4) is 0 Å². The molecule has 3 aromatic rings. The van der Waals surface area contributed by atoms with Gasteiger partial charge < -0.3 is 19.6 Å². The van der Waals surface area contributed by atoms with Crippen molar-refractivity contribution in [2.45, 2.75) is 39.2 Å². The number of carbonyl (C=O) groups is 1. The smallest absolute Gasteiger partial charge is 0.342 e. The first-order valence-corrected chi connectivity index (χ1v) is 10.3. The van der Waals surface area contributed by atoms with Crippen molar-refractivity contribution in [1.82, 2.24) is 9.97 Å². The first-order valence-electron chi connectivity index (χ1n) is 9.49. The van der Waals surface area contributed by atoms with Crippen LogP contribution in [0.4, 0.5) is 0 Å². The molecule has 2 atom stereocenters. The molecule has 8 heteroatoms. The van der Waals surface area contributed by atoms with Crippen molar-refractivity contribution in [2.75, 3.05) is 7.11 Å². The molecule has 7 nitrogen and oxygen atoms in total. The molecule has 0 amide bonds. The number of hydrogen-bond donors (Lipinski definition) is 2. The quantitative estimate of drug-likeness (QED) is 0.631. The number of benzene rings is 1. The van der Waals surface area contributed by atoms with Gasteiger partial charge in [0, 0.05) is 10.9 Å². The number of nitrogens with one attached hydrogen (secondary N) is 1. The van der Waals surface area contributed by atoms with Crippen LogP contribution in [0.2, 0.25) is 0 Å². The molecule has 0 saturated carbocycles. The van der Waals surface area contributed by atoms with Gasteiger partial charge in [0.2, 0.25) is 0 Å². The summed E-state index contributed by atoms with van der Waals surface area (Å²) < 4.78 is 10.4. The summed E-state index contributed by atoms with van der Waals surface area (Å²) in [6, 6.07) is 4.33. The molecule has 1 aromatic carbocycles. The lowest BCUT2D eigenvalue weighted by Gasteiger charge is -2.17. The van der Waals surface area contributed by atoms with Crippen molar-refractivity contribution in [3.63, 3.8) is 0 Å². The summed E-state index contributed by atoms with van der Waals surface area (Å²) in [6.07, 6.45) is 2.15. The molecular weight excluding hydrogens is 392 g/mol. The van der Waals surface area contributed by atoms with E-state index in [0.29, 0.717) is 21.9 Å². The lowest BCUT2D eigenvalue weighted by Crippen LogP contribution is -2.18. The summed E-state index contributed by atoms with van der Waals surface area (Å²) in [7, 11) is 1.47. The number of thiophene rings is 1. The third-order valence-electron chi connectivity index (χ3n) is 5.28. The fourth-order valence-corrected chi connectivity index (χ4v) is 5.04. The molecule has 1 aliphatic carbocycles. The fourth-order valence-electron chi connectivity index (χ4n) is 3.65. The number of phenols is 1. The highest BCUT2D eigenvalue weighted by Gasteiger charge is 2.25. The van der Waals surface area contributed by atoms with Gasteiger partial charge in [-0.25, -0.2) is 9.78 Å². The van der Waals surface area contributed by atoms with E-state index in [1.54, 1.807) is 24.3 Å². The Balaban J connectivity index is 1.61. The Morgan fingerprint density at radius 1 is 1.41 bits per heavy atom. The molecule has 0 saturated heterocycles. The molecule has 0 spiro atoms. The summed E-state index contributed by atoms with van der Waals surface area (Å²) in [5.74, 6) is 0.374. The van der Waals surface area contributed by atoms with E-state index in [9.17, 15) is 14.7 Å². The number of fused-ring (bicyclic) bond motifs is 3. The molecule has 1 aliphatic rings. The molecule has 4 rings (SSSR count). The Kier molecular flexibility index (Phi) is 5.04. The Morgan fingerprint density at radius 2 is 2.21 bits per heavy atom. The predicted molar refractivity (Wildman–Crippen MR) is 110 cm³/mol. The van der Waals surface area contributed by atoms with Crippen LogP contribution >= 0.6 is 11.3 Å². The Morgan fingerprint density at radius 3 is 2.93 bits per heavy atom. The van der Waals surface area contributed by atoms with Gasteiger partial charge in [0.1, 0.15) is 21.9 Å². The molecule has 2 aromatic heterocycles. The number of methoxy groups -OCH3 is 1. The van der Waals surface area contributed by atoms with Crippen LogP contribution in [0.1, 0.15) is 53.0 Å². The van der Waals surface area contributed by atoms with E-state index in [2.05, 4.69) is 16.9 Å². The number of rotatable bonds is 4. The van der Waals surface area contributed by atoms with Crippen LogP contribution in [0.5, 0.6) is 11.5 Å². The van der Waals surface area contributed by atoms with E-state index in [1.807, 2.05) is 0 Å². The van der Waals surface area contributed by atoms with Gasteiger partial charge in [0.05, 0.1) is 12.5 Å². The highest BCUT2D eigenvalue weighted by atomic mass is 32.1. The van der Waals surface area contributed by atoms with E-state index in [0.717, 1.165) is 24.8 Å². The first kappa shape index (κ1) is 19.4. The van der Waals surface area contributed by atoms with Crippen molar-refractivity contribution >= 4 is 27.5 Å². The van der Waals surface area contributed by atoms with E-state index in [4.69, 9.17) is 9.47 Å². The van der Waals surface area contributed by atoms with E-state index >= 15 is 0 Å². The molecule has 0 unspecified atom stereocenters. The maximum Gasteiger partial charge on any atom is 0.342 e. The molecule has 0 aliphatic heterocycles. The average Bonchev–Trinajstić information content (AvgIpc) is 3.05. The fraction of sp³-hybridized carbons (Fsp3) is 0.381. The van der Waals surface area contributed by atoms with Gasteiger partial charge in [0.25, 0.3) is 5.56 Å². The molecule has 2 N–H and O–H groups in total. The molecule has 2 heterocycles. The third kappa shape index (κ3) is 3.60. The number of carbonyl (C=O) groups excluding carboxylic acids is 1. The number of esters is 1. The van der Waals surface area contributed by atoms with E-state index < -0.39 is 12.1 Å². The molecular formula is C21H22N2O5S. The highest BCUT2D eigenvalue weighted by molar-refractivity contribution is 7.18. The molecule has 152 valence electrons. The number of aromatic hydroxyl groups is 1. The summed E-state index contributed by atoms with van der Waals surface area (Å²) in [5, 5.41) is 10.7. The van der Waals surface area contributed by atoms with Gasteiger partial charge in [-0.3, -0.25) is 4.79 Å². The van der Waals surface area contributed by atoms with Gasteiger partial charge in [0.15, 0.2) is 11.9 Å². The Labute approximate surface area is 171 Å². The van der Waals surface area contributed by atoms with Crippen molar-refractivity contribution in [3.05, 3.63) is 50.4 Å². The van der Waals surface area contributed by atoms with Crippen LogP contribution in [0.25, 0.3) is 10.2 Å². The number of ether oxygens (including phenoxy) is 2. The van der Waals surface area contributed by atoms with Gasteiger partial charge in [-0.05, 0) is 49.8 Å². The van der Waals surface area contributed by atoms with Crippen molar-refractivity contribution in [2.24, 2.45) is 5.92 Å². The minimum absolute atomic E-state index is 0.0154. The number of aryl methyl sites for hydroxylation is 1. The topological polar surface area (TPSA) is 102 Å². The van der Waals surface area contributed by atoms with Crippen molar-refractivity contribution < 1.29 is 19.4 Å². The van der Waals surface area contributed by atoms with Crippen molar-refractivity contribution in [3.8, 4) is 11.5 Å². The number of aromatic amines is 1. The van der Waals surface area contributed by atoms with Crippen LogP contribution in [-0.4, -0.2) is 28.2 Å². The van der Waals surface area contributed by atoms with Crippen molar-refractivity contribution in [1.29, 1.82) is 0 Å². The first-order chi connectivity index (χ1) is 13.9. The number of aromatic nitrogens is 2. The zero-order valence-corrected chi connectivity index (χ0v) is 17.3. The van der Waals surface area contributed by atoms with Gasteiger partial charge in [-0.1, -0.05) is 6.92 Å². The zero-order chi connectivity index (χ0) is 20.7. The minimum Gasteiger partial charge on any atom is -0.507 e. The van der Waals surface area contributed by atoms with Crippen LogP contribution in [0, 0.1) is 5.92 Å². The normalized spacial score (nSPS) is 17.0. The molecule has 0 radical (unpaired) electrons. The zero-order valence-electron chi connectivity index (χ0n) is 16.4. The molecule has 29 heavy (non-hydrogen) atoms. The standard InChI is InChI=1S/C21H22N2O5S/c1-10-4-6-14-16(8-10)29-20-17(14)19(25)22-18(23-20)11(2)28-21(26)13-7-5-12(27-3)9-15(13)24/h5,7,9-11,24H,4,6,8H2,1-3H3,(H,22,23,25)/t10-,11-/m1/s1. The lowest BCUT2D eigenvalue weighted by molar-refractivity contribution is 0.0317. The summed E-state index contributed by atoms with van der Waals surface area (Å²) >= 11 is 1.55. The Hall–Kier alpha value is -2.87. The average molecular weight is 414 g/mol. The largest absolute Gasteiger partial charge is 0.507 e. The molecule has 0 fully saturated rings. The third-order valence-corrected chi connectivity index (χ3v) is 6.43. The second-order valence-electron chi connectivity index (χ2n) is 7.41. The number of phenolic OH excluding ortho intramolecular Hbond substituents is 1. The van der Waals surface area contributed by atoms with Gasteiger partial charge in [-0.15, -0.1) is 11.3 Å². The van der Waals surface area contributed by atoms with Crippen LogP contribution < -0.4 is 10.3 Å². The predicted octanol–water partition coefficient (Wildman–Crippen LogP) is 3.74. The van der Waals surface area contributed by atoms with Crippen LogP contribution in [0.15, 0.2) is 23.0 Å². The summed E-state index contributed by atoms with van der Waals surface area (Å²) in [6.45, 7) is 3.85. The summed E-state index contributed by atoms with van der Waals surface area (Å²) in [5.41, 5.74) is 0.921. The second kappa shape index (κ2) is 7.51. The van der Waals surface area contributed by atoms with Crippen LogP contribution in [-0.2, 0) is 17.6 Å². The number of hydrogen-bond acceptors (Lipinski definition) is 7. The number of H-pyrrole nitrogens is 1.